The average Bonchev–Trinajstić information content (AvgIpc) is 2.49. The molecular weight excluding hydrogens is 266 g/mol. The second kappa shape index (κ2) is 6.28. The second-order valence-electron chi connectivity index (χ2n) is 4.86. The number of ether oxygens (including phenoxy) is 1. The highest BCUT2D eigenvalue weighted by molar-refractivity contribution is 5.96. The number of halogens is 2. The van der Waals surface area contributed by atoms with Crippen LogP contribution in [-0.2, 0) is 16.1 Å². The Morgan fingerprint density at radius 2 is 1.90 bits per heavy atom. The molecule has 1 aromatic rings. The van der Waals surface area contributed by atoms with E-state index in [0.717, 1.165) is 5.56 Å². The Bertz CT molecular complexity index is 457. The first-order chi connectivity index (χ1) is 9.54. The Labute approximate surface area is 116 Å². The summed E-state index contributed by atoms with van der Waals surface area (Å²) < 4.78 is 33.1. The lowest BCUT2D eigenvalue weighted by Gasteiger charge is -2.28. The Morgan fingerprint density at radius 3 is 2.45 bits per heavy atom. The molecule has 0 saturated carbocycles. The van der Waals surface area contributed by atoms with E-state index in [1.807, 2.05) is 0 Å². The lowest BCUT2D eigenvalue weighted by atomic mass is 9.92. The van der Waals surface area contributed by atoms with Crippen LogP contribution in [0.25, 0.3) is 0 Å². The molecule has 0 aliphatic carbocycles. The molecule has 1 aliphatic rings. The van der Waals surface area contributed by atoms with Gasteiger partial charge in [-0.1, -0.05) is 12.1 Å². The van der Waals surface area contributed by atoms with Gasteiger partial charge in [-0.05, 0) is 30.5 Å². The standard InChI is InChI=1S/C14H18F2N2O2/c15-14(16,11-5-7-20-8-6-11)13(19)18-12-3-1-10(9-17)2-4-12/h1-4,11H,5-9,17H2,(H,18,19). The number of amides is 1. The van der Waals surface area contributed by atoms with Crippen molar-refractivity contribution in [2.45, 2.75) is 25.3 Å². The lowest BCUT2D eigenvalue weighted by Crippen LogP contribution is -2.43. The van der Waals surface area contributed by atoms with Gasteiger partial charge in [0.2, 0.25) is 0 Å². The van der Waals surface area contributed by atoms with Crippen molar-refractivity contribution in [2.24, 2.45) is 11.7 Å². The fourth-order valence-corrected chi connectivity index (χ4v) is 2.18. The fourth-order valence-electron chi connectivity index (χ4n) is 2.18. The predicted octanol–water partition coefficient (Wildman–Crippen LogP) is 2.15. The zero-order chi connectivity index (χ0) is 14.6. The quantitative estimate of drug-likeness (QED) is 0.890. The van der Waals surface area contributed by atoms with E-state index in [9.17, 15) is 13.6 Å². The molecule has 0 radical (unpaired) electrons. The predicted molar refractivity (Wildman–Crippen MR) is 71.5 cm³/mol. The van der Waals surface area contributed by atoms with Crippen LogP contribution >= 0.6 is 0 Å². The summed E-state index contributed by atoms with van der Waals surface area (Å²) in [7, 11) is 0. The van der Waals surface area contributed by atoms with Crippen LogP contribution < -0.4 is 11.1 Å². The first-order valence-electron chi connectivity index (χ1n) is 6.60. The van der Waals surface area contributed by atoms with Crippen molar-refractivity contribution in [3.05, 3.63) is 29.8 Å². The summed E-state index contributed by atoms with van der Waals surface area (Å²) in [5, 5.41) is 2.26. The monoisotopic (exact) mass is 284 g/mol. The number of alkyl halides is 2. The summed E-state index contributed by atoms with van der Waals surface area (Å²) in [6.07, 6.45) is 0.402. The van der Waals surface area contributed by atoms with Crippen LogP contribution in [0.15, 0.2) is 24.3 Å². The van der Waals surface area contributed by atoms with Crippen LogP contribution in [0.3, 0.4) is 0 Å². The van der Waals surface area contributed by atoms with Gasteiger partial charge < -0.3 is 15.8 Å². The summed E-state index contributed by atoms with van der Waals surface area (Å²) in [5.41, 5.74) is 6.67. The molecule has 20 heavy (non-hydrogen) atoms. The zero-order valence-corrected chi connectivity index (χ0v) is 11.1. The molecule has 2 rings (SSSR count). The zero-order valence-electron chi connectivity index (χ0n) is 11.1. The van der Waals surface area contributed by atoms with E-state index in [-0.39, 0.29) is 26.1 Å². The van der Waals surface area contributed by atoms with Crippen molar-refractivity contribution in [2.75, 3.05) is 18.5 Å². The largest absolute Gasteiger partial charge is 0.381 e. The van der Waals surface area contributed by atoms with Gasteiger partial charge in [-0.25, -0.2) is 0 Å². The van der Waals surface area contributed by atoms with Gasteiger partial charge in [0.1, 0.15) is 0 Å². The molecule has 1 amide bonds. The molecule has 6 heteroatoms. The van der Waals surface area contributed by atoms with E-state index in [1.165, 1.54) is 0 Å². The number of hydrogen-bond donors (Lipinski definition) is 2. The molecule has 4 nitrogen and oxygen atoms in total. The van der Waals surface area contributed by atoms with Gasteiger partial charge in [0.15, 0.2) is 0 Å². The van der Waals surface area contributed by atoms with E-state index < -0.39 is 17.7 Å². The number of benzene rings is 1. The topological polar surface area (TPSA) is 64.3 Å². The summed E-state index contributed by atoms with van der Waals surface area (Å²) in [5.74, 6) is -5.60. The lowest BCUT2D eigenvalue weighted by molar-refractivity contribution is -0.153. The Balaban J connectivity index is 2.01. The van der Waals surface area contributed by atoms with Gasteiger partial charge in [0.25, 0.3) is 5.91 Å². The van der Waals surface area contributed by atoms with Crippen molar-refractivity contribution in [1.29, 1.82) is 0 Å². The molecule has 0 unspecified atom stereocenters. The molecule has 110 valence electrons. The highest BCUT2D eigenvalue weighted by atomic mass is 19.3. The van der Waals surface area contributed by atoms with E-state index in [2.05, 4.69) is 5.32 Å². The molecule has 1 aliphatic heterocycles. The van der Waals surface area contributed by atoms with E-state index in [1.54, 1.807) is 24.3 Å². The Morgan fingerprint density at radius 1 is 1.30 bits per heavy atom. The number of rotatable bonds is 4. The third kappa shape index (κ3) is 3.32. The number of carbonyl (C=O) groups excluding carboxylic acids is 1. The highest BCUT2D eigenvalue weighted by Crippen LogP contribution is 2.33. The van der Waals surface area contributed by atoms with Gasteiger partial charge in [-0.15, -0.1) is 0 Å². The molecular formula is C14H18F2N2O2. The van der Waals surface area contributed by atoms with Crippen LogP contribution in [0.2, 0.25) is 0 Å². The summed E-state index contributed by atoms with van der Waals surface area (Å²) in [6, 6.07) is 6.53. The number of anilines is 1. The van der Waals surface area contributed by atoms with Crippen LogP contribution in [0.4, 0.5) is 14.5 Å². The van der Waals surface area contributed by atoms with Crippen LogP contribution in [-0.4, -0.2) is 25.0 Å². The van der Waals surface area contributed by atoms with Gasteiger partial charge in [0.05, 0.1) is 0 Å². The molecule has 0 aromatic heterocycles. The van der Waals surface area contributed by atoms with Crippen molar-refractivity contribution < 1.29 is 18.3 Å². The maximum Gasteiger partial charge on any atom is 0.327 e. The molecule has 3 N–H and O–H groups in total. The molecule has 0 spiro atoms. The van der Waals surface area contributed by atoms with Crippen LogP contribution in [0.5, 0.6) is 0 Å². The van der Waals surface area contributed by atoms with Gasteiger partial charge in [0, 0.05) is 31.4 Å². The van der Waals surface area contributed by atoms with E-state index in [4.69, 9.17) is 10.5 Å². The van der Waals surface area contributed by atoms with Gasteiger partial charge >= 0.3 is 5.92 Å². The van der Waals surface area contributed by atoms with Gasteiger partial charge in [-0.2, -0.15) is 8.78 Å². The van der Waals surface area contributed by atoms with Gasteiger partial charge in [-0.3, -0.25) is 4.79 Å². The van der Waals surface area contributed by atoms with Crippen molar-refractivity contribution in [1.82, 2.24) is 0 Å². The Hall–Kier alpha value is -1.53. The fraction of sp³-hybridized carbons (Fsp3) is 0.500. The van der Waals surface area contributed by atoms with Crippen LogP contribution in [0, 0.1) is 5.92 Å². The number of nitrogens with one attached hydrogen (secondary N) is 1. The minimum atomic E-state index is -3.38. The number of carbonyl (C=O) groups is 1. The molecule has 1 heterocycles. The maximum atomic E-state index is 14.0. The molecule has 1 aromatic carbocycles. The first-order valence-corrected chi connectivity index (χ1v) is 6.60. The van der Waals surface area contributed by atoms with Crippen molar-refractivity contribution in [3.63, 3.8) is 0 Å². The SMILES string of the molecule is NCc1ccc(NC(=O)C(F)(F)C2CCOCC2)cc1. The second-order valence-corrected chi connectivity index (χ2v) is 4.86. The minimum Gasteiger partial charge on any atom is -0.381 e. The third-order valence-electron chi connectivity index (χ3n) is 3.48. The molecule has 0 atom stereocenters. The summed E-state index contributed by atoms with van der Waals surface area (Å²) in [6.45, 7) is 0.921. The smallest absolute Gasteiger partial charge is 0.327 e. The van der Waals surface area contributed by atoms with Crippen molar-refractivity contribution >= 4 is 11.6 Å². The van der Waals surface area contributed by atoms with Crippen molar-refractivity contribution in [3.8, 4) is 0 Å². The first kappa shape index (κ1) is 14.9. The maximum absolute atomic E-state index is 14.0. The molecule has 1 fully saturated rings. The summed E-state index contributed by atoms with van der Waals surface area (Å²) in [4.78, 5) is 11.8. The Kier molecular flexibility index (Phi) is 4.67. The molecule has 1 saturated heterocycles. The number of hydrogen-bond acceptors (Lipinski definition) is 3. The molecule has 0 bridgehead atoms. The van der Waals surface area contributed by atoms with Crippen LogP contribution in [0.1, 0.15) is 18.4 Å². The minimum absolute atomic E-state index is 0.201. The highest BCUT2D eigenvalue weighted by Gasteiger charge is 2.47. The number of nitrogens with two attached hydrogens (primary N) is 1. The third-order valence-corrected chi connectivity index (χ3v) is 3.48. The van der Waals surface area contributed by atoms with E-state index >= 15 is 0 Å². The average molecular weight is 284 g/mol. The normalized spacial score (nSPS) is 16.9. The van der Waals surface area contributed by atoms with E-state index in [0.29, 0.717) is 12.2 Å². The summed E-state index contributed by atoms with van der Waals surface area (Å²) >= 11 is 0.